The van der Waals surface area contributed by atoms with Gasteiger partial charge in [-0.3, -0.25) is 4.90 Å². The average molecular weight is 358 g/mol. The minimum atomic E-state index is 0.505. The first-order valence-electron chi connectivity index (χ1n) is 10.5. The zero-order valence-corrected chi connectivity index (χ0v) is 18.2. The summed E-state index contributed by atoms with van der Waals surface area (Å²) >= 11 is 0. The van der Waals surface area contributed by atoms with E-state index in [0.717, 1.165) is 25.7 Å². The smallest absolute Gasteiger partial charge is 0.124 e. The number of carbonyl (C=O) groups is 1. The van der Waals surface area contributed by atoms with E-state index in [4.69, 9.17) is 0 Å². The lowest BCUT2D eigenvalue weighted by Gasteiger charge is -2.39. The Morgan fingerprint density at radius 2 is 1.58 bits per heavy atom. The molecule has 0 saturated heterocycles. The molecule has 0 unspecified atom stereocenters. The van der Waals surface area contributed by atoms with Crippen LogP contribution in [0.4, 0.5) is 0 Å². The van der Waals surface area contributed by atoms with Gasteiger partial charge in [0.2, 0.25) is 0 Å². The van der Waals surface area contributed by atoms with Crippen molar-refractivity contribution in [2.75, 3.05) is 7.05 Å². The molecule has 0 heterocycles. The van der Waals surface area contributed by atoms with Crippen LogP contribution >= 0.6 is 0 Å². The van der Waals surface area contributed by atoms with Crippen LogP contribution in [-0.4, -0.2) is 24.3 Å². The summed E-state index contributed by atoms with van der Waals surface area (Å²) in [4.78, 5) is 13.9. The Morgan fingerprint density at radius 3 is 2.12 bits per heavy atom. The van der Waals surface area contributed by atoms with Crippen LogP contribution in [0, 0.1) is 26.2 Å². The normalized spacial score (nSPS) is 17.7. The summed E-state index contributed by atoms with van der Waals surface area (Å²) in [5, 5.41) is 0. The molecule has 2 heteroatoms. The van der Waals surface area contributed by atoms with Crippen LogP contribution in [0.1, 0.15) is 86.3 Å². The molecule has 1 aromatic rings. The van der Waals surface area contributed by atoms with Gasteiger partial charge in [0, 0.05) is 19.0 Å². The lowest BCUT2D eigenvalue weighted by Crippen LogP contribution is -2.37. The third-order valence-corrected chi connectivity index (χ3v) is 6.86. The second-order valence-corrected chi connectivity index (χ2v) is 9.24. The van der Waals surface area contributed by atoms with Crippen LogP contribution in [0.5, 0.6) is 0 Å². The zero-order chi connectivity index (χ0) is 19.5. The van der Waals surface area contributed by atoms with E-state index in [2.05, 4.69) is 53.5 Å². The molecule has 0 spiro atoms. The Labute approximate surface area is 161 Å². The fourth-order valence-electron chi connectivity index (χ4n) is 4.77. The molecule has 0 amide bonds. The van der Waals surface area contributed by atoms with Crippen LogP contribution < -0.4 is 0 Å². The Balaban J connectivity index is 2.31. The van der Waals surface area contributed by atoms with Gasteiger partial charge in [-0.05, 0) is 98.7 Å². The monoisotopic (exact) mass is 357 g/mol. The van der Waals surface area contributed by atoms with Gasteiger partial charge in [-0.25, -0.2) is 0 Å². The van der Waals surface area contributed by atoms with Gasteiger partial charge in [0.1, 0.15) is 6.29 Å². The van der Waals surface area contributed by atoms with E-state index in [-0.39, 0.29) is 0 Å². The van der Waals surface area contributed by atoms with Crippen molar-refractivity contribution in [1.29, 1.82) is 0 Å². The van der Waals surface area contributed by atoms with E-state index < -0.39 is 0 Å². The largest absolute Gasteiger partial charge is 0.303 e. The predicted molar refractivity (Wildman–Crippen MR) is 112 cm³/mol. The quantitative estimate of drug-likeness (QED) is 0.583. The highest BCUT2D eigenvalue weighted by Crippen LogP contribution is 2.37. The number of benzene rings is 1. The van der Waals surface area contributed by atoms with E-state index >= 15 is 0 Å². The molecule has 26 heavy (non-hydrogen) atoms. The molecular weight excluding hydrogens is 318 g/mol. The molecule has 146 valence electrons. The third kappa shape index (κ3) is 4.57. The highest BCUT2D eigenvalue weighted by Gasteiger charge is 2.29. The second-order valence-electron chi connectivity index (χ2n) is 9.24. The van der Waals surface area contributed by atoms with Gasteiger partial charge < -0.3 is 4.79 Å². The lowest BCUT2D eigenvalue weighted by atomic mass is 9.75. The van der Waals surface area contributed by atoms with E-state index in [1.54, 1.807) is 0 Å². The van der Waals surface area contributed by atoms with Crippen LogP contribution in [0.3, 0.4) is 0 Å². The summed E-state index contributed by atoms with van der Waals surface area (Å²) in [7, 11) is 2.28. The maximum absolute atomic E-state index is 11.4. The fraction of sp³-hybridized carbons (Fsp3) is 0.708. The van der Waals surface area contributed by atoms with Gasteiger partial charge >= 0.3 is 0 Å². The minimum absolute atomic E-state index is 0.505. The van der Waals surface area contributed by atoms with Crippen molar-refractivity contribution in [1.82, 2.24) is 4.90 Å². The molecule has 0 N–H and O–H groups in total. The van der Waals surface area contributed by atoms with Crippen LogP contribution in [0.25, 0.3) is 0 Å². The number of aldehydes is 1. The molecule has 2 nitrogen and oxygen atoms in total. The molecule has 1 aliphatic carbocycles. The maximum atomic E-state index is 11.4. The van der Waals surface area contributed by atoms with Crippen LogP contribution in [0.2, 0.25) is 0 Å². The summed E-state index contributed by atoms with van der Waals surface area (Å²) in [5.41, 5.74) is 8.85. The third-order valence-electron chi connectivity index (χ3n) is 6.86. The summed E-state index contributed by atoms with van der Waals surface area (Å²) in [6, 6.07) is 0.669. The molecule has 1 aliphatic rings. The average Bonchev–Trinajstić information content (AvgIpc) is 2.59. The Bertz CT molecular complexity index is 634. The molecule has 1 fully saturated rings. The Hall–Kier alpha value is -1.15. The minimum Gasteiger partial charge on any atom is -0.303 e. The molecule has 0 aromatic heterocycles. The van der Waals surface area contributed by atoms with E-state index in [1.165, 1.54) is 59.1 Å². The molecule has 0 atom stereocenters. The molecule has 1 aromatic carbocycles. The SMILES string of the molecule is CCCc1c(C)c(C)c(CN(C)C2CCC(C)(C)CC2)c(CC=O)c1C. The first kappa shape index (κ1) is 21.2. The van der Waals surface area contributed by atoms with Gasteiger partial charge in [0.15, 0.2) is 0 Å². The number of rotatable bonds is 7. The van der Waals surface area contributed by atoms with Gasteiger partial charge in [-0.2, -0.15) is 0 Å². The predicted octanol–water partition coefficient (Wildman–Crippen LogP) is 5.71. The molecule has 1 saturated carbocycles. The van der Waals surface area contributed by atoms with Crippen molar-refractivity contribution in [3.05, 3.63) is 33.4 Å². The van der Waals surface area contributed by atoms with Crippen molar-refractivity contribution in [2.45, 2.75) is 99.1 Å². The number of hydrogen-bond acceptors (Lipinski definition) is 2. The van der Waals surface area contributed by atoms with Crippen molar-refractivity contribution >= 4 is 6.29 Å². The Kier molecular flexibility index (Phi) is 7.07. The second kappa shape index (κ2) is 8.69. The van der Waals surface area contributed by atoms with Crippen LogP contribution in [0.15, 0.2) is 0 Å². The zero-order valence-electron chi connectivity index (χ0n) is 18.2. The topological polar surface area (TPSA) is 20.3 Å². The summed E-state index contributed by atoms with van der Waals surface area (Å²) in [6.45, 7) is 14.8. The number of nitrogens with zero attached hydrogens (tertiary/aromatic N) is 1. The fourth-order valence-corrected chi connectivity index (χ4v) is 4.77. The first-order chi connectivity index (χ1) is 12.2. The molecule has 0 aliphatic heterocycles. The van der Waals surface area contributed by atoms with Crippen molar-refractivity contribution in [2.24, 2.45) is 5.41 Å². The van der Waals surface area contributed by atoms with Gasteiger partial charge in [-0.1, -0.05) is 27.2 Å². The highest BCUT2D eigenvalue weighted by molar-refractivity contribution is 5.61. The van der Waals surface area contributed by atoms with Gasteiger partial charge in [0.25, 0.3) is 0 Å². The number of hydrogen-bond donors (Lipinski definition) is 0. The highest BCUT2D eigenvalue weighted by atomic mass is 16.1. The van der Waals surface area contributed by atoms with E-state index in [0.29, 0.717) is 17.9 Å². The lowest BCUT2D eigenvalue weighted by molar-refractivity contribution is -0.107. The maximum Gasteiger partial charge on any atom is 0.124 e. The number of carbonyl (C=O) groups excluding carboxylic acids is 1. The molecule has 0 bridgehead atoms. The Morgan fingerprint density at radius 1 is 1.00 bits per heavy atom. The standard InChI is InChI=1S/C24H39NO/c1-8-9-21-17(2)18(3)23(22(12-15-26)19(21)4)16-25(7)20-10-13-24(5,6)14-11-20/h15,20H,8-14,16H2,1-7H3. The summed E-state index contributed by atoms with van der Waals surface area (Å²) < 4.78 is 0. The summed E-state index contributed by atoms with van der Waals surface area (Å²) in [6.07, 6.45) is 9.10. The summed E-state index contributed by atoms with van der Waals surface area (Å²) in [5.74, 6) is 0. The van der Waals surface area contributed by atoms with Crippen molar-refractivity contribution in [3.63, 3.8) is 0 Å². The van der Waals surface area contributed by atoms with E-state index in [9.17, 15) is 4.79 Å². The van der Waals surface area contributed by atoms with Gasteiger partial charge in [0.05, 0.1) is 0 Å². The molecular formula is C24H39NO. The van der Waals surface area contributed by atoms with Crippen molar-refractivity contribution in [3.8, 4) is 0 Å². The molecule has 2 rings (SSSR count). The van der Waals surface area contributed by atoms with Gasteiger partial charge in [-0.15, -0.1) is 0 Å². The van der Waals surface area contributed by atoms with Crippen molar-refractivity contribution < 1.29 is 4.79 Å². The first-order valence-corrected chi connectivity index (χ1v) is 10.5. The molecule has 0 radical (unpaired) electrons. The van der Waals surface area contributed by atoms with E-state index in [1.807, 2.05) is 0 Å². The van der Waals surface area contributed by atoms with Crippen LogP contribution in [-0.2, 0) is 24.2 Å².